The Morgan fingerprint density at radius 2 is 0.895 bits per heavy atom. The zero-order chi connectivity index (χ0) is 41.8. The minimum atomic E-state index is -4.30. The summed E-state index contributed by atoms with van der Waals surface area (Å²) in [6, 6.07) is 0. The van der Waals surface area contributed by atoms with Gasteiger partial charge in [-0.1, -0.05) is 157 Å². The van der Waals surface area contributed by atoms with Crippen LogP contribution in [0.2, 0.25) is 0 Å². The van der Waals surface area contributed by atoms with Gasteiger partial charge in [0.05, 0.1) is 13.2 Å². The largest absolute Gasteiger partial charge is 0.472 e. The van der Waals surface area contributed by atoms with E-state index < -0.39 is 26.5 Å². The van der Waals surface area contributed by atoms with E-state index in [1.807, 2.05) is 0 Å². The molecular weight excluding hydrogens is 735 g/mol. The molecule has 0 saturated heterocycles. The molecule has 0 aromatic heterocycles. The van der Waals surface area contributed by atoms with Crippen molar-refractivity contribution in [2.45, 2.75) is 187 Å². The molecule has 0 fully saturated rings. The molecule has 0 aliphatic heterocycles. The SMILES string of the molecule is CC/C=C\C/C=C\C/C=C\C/C=C\C/C=C\CCCCCC(=O)OC(COC(=O)CCCCCCCCC/C=C\C/C=C\CCCCCC)COP(=O)(O)OCC. The van der Waals surface area contributed by atoms with E-state index in [2.05, 4.69) is 98.9 Å². The van der Waals surface area contributed by atoms with Crippen LogP contribution >= 0.6 is 7.82 Å². The molecule has 0 aromatic rings. The molecule has 0 saturated carbocycles. The first-order chi connectivity index (χ1) is 27.8. The summed E-state index contributed by atoms with van der Waals surface area (Å²) in [5.74, 6) is -0.850. The predicted molar refractivity (Wildman–Crippen MR) is 239 cm³/mol. The molecule has 0 spiro atoms. The molecule has 0 aliphatic rings. The van der Waals surface area contributed by atoms with Crippen LogP contribution in [0.5, 0.6) is 0 Å². The van der Waals surface area contributed by atoms with Crippen molar-refractivity contribution in [3.63, 3.8) is 0 Å². The van der Waals surface area contributed by atoms with Gasteiger partial charge in [-0.05, 0) is 96.8 Å². The maximum absolute atomic E-state index is 12.6. The number of esters is 2. The van der Waals surface area contributed by atoms with E-state index in [-0.39, 0.29) is 32.0 Å². The first-order valence-electron chi connectivity index (χ1n) is 22.4. The van der Waals surface area contributed by atoms with Crippen molar-refractivity contribution in [2.24, 2.45) is 0 Å². The second-order valence-corrected chi connectivity index (χ2v) is 15.8. The van der Waals surface area contributed by atoms with Crippen LogP contribution in [0.1, 0.15) is 181 Å². The second kappa shape index (κ2) is 42.8. The van der Waals surface area contributed by atoms with Crippen LogP contribution in [0.15, 0.2) is 85.1 Å². The number of phosphoric ester groups is 1. The third-order valence-corrected chi connectivity index (χ3v) is 9.99. The van der Waals surface area contributed by atoms with Crippen molar-refractivity contribution >= 4 is 19.8 Å². The molecule has 0 rings (SSSR count). The number of rotatable bonds is 40. The molecule has 57 heavy (non-hydrogen) atoms. The first kappa shape index (κ1) is 54.2. The highest BCUT2D eigenvalue weighted by Gasteiger charge is 2.25. The van der Waals surface area contributed by atoms with Gasteiger partial charge in [0.15, 0.2) is 6.10 Å². The maximum atomic E-state index is 12.6. The second-order valence-electron chi connectivity index (χ2n) is 14.3. The highest BCUT2D eigenvalue weighted by molar-refractivity contribution is 7.47. The first-order valence-corrected chi connectivity index (χ1v) is 23.9. The van der Waals surface area contributed by atoms with E-state index in [0.717, 1.165) is 89.9 Å². The van der Waals surface area contributed by atoms with E-state index in [1.54, 1.807) is 6.92 Å². The lowest BCUT2D eigenvalue weighted by atomic mass is 10.1. The fourth-order valence-corrected chi connectivity index (χ4v) is 6.44. The zero-order valence-corrected chi connectivity index (χ0v) is 37.1. The molecule has 2 unspecified atom stereocenters. The molecule has 0 bridgehead atoms. The minimum Gasteiger partial charge on any atom is -0.462 e. The Kier molecular flexibility index (Phi) is 40.7. The topological polar surface area (TPSA) is 108 Å². The van der Waals surface area contributed by atoms with Gasteiger partial charge in [0.1, 0.15) is 6.61 Å². The fraction of sp³-hybridized carbons (Fsp3) is 0.667. The molecule has 9 heteroatoms. The molecule has 326 valence electrons. The molecule has 0 amide bonds. The number of phosphoric acid groups is 1. The lowest BCUT2D eigenvalue weighted by Gasteiger charge is -2.19. The average Bonchev–Trinajstić information content (AvgIpc) is 3.19. The van der Waals surface area contributed by atoms with Crippen LogP contribution in [-0.4, -0.2) is 42.8 Å². The van der Waals surface area contributed by atoms with Gasteiger partial charge >= 0.3 is 19.8 Å². The van der Waals surface area contributed by atoms with Gasteiger partial charge in [-0.2, -0.15) is 0 Å². The quantitative estimate of drug-likeness (QED) is 0.0282. The average molecular weight is 817 g/mol. The van der Waals surface area contributed by atoms with Gasteiger partial charge in [-0.25, -0.2) is 4.57 Å². The van der Waals surface area contributed by atoms with Crippen molar-refractivity contribution in [1.29, 1.82) is 0 Å². The highest BCUT2D eigenvalue weighted by Crippen LogP contribution is 2.43. The summed E-state index contributed by atoms with van der Waals surface area (Å²) in [4.78, 5) is 34.8. The molecular formula is C48H81O8P. The normalized spacial score (nSPS) is 14.1. The summed E-state index contributed by atoms with van der Waals surface area (Å²) in [6.07, 6.45) is 54.9. The van der Waals surface area contributed by atoms with Gasteiger partial charge in [0, 0.05) is 12.8 Å². The number of hydrogen-bond acceptors (Lipinski definition) is 7. The Morgan fingerprint density at radius 1 is 0.491 bits per heavy atom. The van der Waals surface area contributed by atoms with Gasteiger partial charge in [0.25, 0.3) is 0 Å². The molecule has 1 N–H and O–H groups in total. The summed E-state index contributed by atoms with van der Waals surface area (Å²) in [5.41, 5.74) is 0. The highest BCUT2D eigenvalue weighted by atomic mass is 31.2. The Bertz CT molecular complexity index is 1200. The smallest absolute Gasteiger partial charge is 0.462 e. The van der Waals surface area contributed by atoms with Crippen molar-refractivity contribution in [3.05, 3.63) is 85.1 Å². The number of unbranched alkanes of at least 4 members (excludes halogenated alkanes) is 14. The van der Waals surface area contributed by atoms with Gasteiger partial charge < -0.3 is 14.4 Å². The van der Waals surface area contributed by atoms with Crippen molar-refractivity contribution in [1.82, 2.24) is 0 Å². The van der Waals surface area contributed by atoms with Gasteiger partial charge in [-0.3, -0.25) is 18.6 Å². The molecule has 0 aromatic carbocycles. The van der Waals surface area contributed by atoms with Crippen molar-refractivity contribution in [3.8, 4) is 0 Å². The third kappa shape index (κ3) is 42.7. The zero-order valence-electron chi connectivity index (χ0n) is 36.2. The predicted octanol–water partition coefficient (Wildman–Crippen LogP) is 14.3. The van der Waals surface area contributed by atoms with Crippen LogP contribution in [0, 0.1) is 0 Å². The third-order valence-electron chi connectivity index (χ3n) is 8.94. The fourth-order valence-electron chi connectivity index (χ4n) is 5.68. The Balaban J connectivity index is 4.17. The standard InChI is InChI=1S/C48H81O8P/c1-4-7-9-11-13-15-17-19-21-23-25-27-29-31-33-35-37-39-41-43-48(50)56-46(45-55-57(51,52)54-6-3)44-53-47(49)42-40-38-36-34-32-30-28-26-24-22-20-18-16-14-12-10-8-5-2/h7,9,13,15-16,18-19,21-22,24-25,27,31,33,46H,4-6,8,10-12,14,17,20,23,26,28-30,32,34-45H2,1-3H3,(H,51,52)/b9-7-,15-13-,18-16-,21-19-,24-22-,27-25-,33-31-. The van der Waals surface area contributed by atoms with Crippen molar-refractivity contribution < 1.29 is 37.6 Å². The molecule has 2 atom stereocenters. The number of carbonyl (C=O) groups excluding carboxylic acids is 2. The summed E-state index contributed by atoms with van der Waals surface area (Å²) in [7, 11) is -4.30. The Hall–Kier alpha value is -2.77. The Morgan fingerprint density at radius 3 is 1.37 bits per heavy atom. The van der Waals surface area contributed by atoms with Crippen LogP contribution in [0.25, 0.3) is 0 Å². The number of allylic oxidation sites excluding steroid dienone is 14. The summed E-state index contributed by atoms with van der Waals surface area (Å²) in [6.45, 7) is 5.29. The number of ether oxygens (including phenoxy) is 2. The van der Waals surface area contributed by atoms with Crippen LogP contribution in [0.3, 0.4) is 0 Å². The van der Waals surface area contributed by atoms with Crippen molar-refractivity contribution in [2.75, 3.05) is 19.8 Å². The van der Waals surface area contributed by atoms with Crippen LogP contribution < -0.4 is 0 Å². The van der Waals surface area contributed by atoms with E-state index in [9.17, 15) is 19.0 Å². The van der Waals surface area contributed by atoms with E-state index in [0.29, 0.717) is 6.42 Å². The molecule has 0 heterocycles. The van der Waals surface area contributed by atoms with E-state index in [4.69, 9.17) is 18.5 Å². The van der Waals surface area contributed by atoms with Crippen LogP contribution in [0.4, 0.5) is 0 Å². The monoisotopic (exact) mass is 817 g/mol. The Labute approximate surface area is 348 Å². The molecule has 8 nitrogen and oxygen atoms in total. The minimum absolute atomic E-state index is 0.0123. The molecule has 0 radical (unpaired) electrons. The summed E-state index contributed by atoms with van der Waals surface area (Å²) >= 11 is 0. The van der Waals surface area contributed by atoms with Crippen LogP contribution in [-0.2, 0) is 32.7 Å². The maximum Gasteiger partial charge on any atom is 0.472 e. The van der Waals surface area contributed by atoms with Gasteiger partial charge in [-0.15, -0.1) is 0 Å². The van der Waals surface area contributed by atoms with E-state index in [1.165, 1.54) is 51.4 Å². The van der Waals surface area contributed by atoms with Gasteiger partial charge in [0.2, 0.25) is 0 Å². The number of carbonyl (C=O) groups is 2. The lowest BCUT2D eigenvalue weighted by molar-refractivity contribution is -0.161. The summed E-state index contributed by atoms with van der Waals surface area (Å²) in [5, 5.41) is 0. The summed E-state index contributed by atoms with van der Waals surface area (Å²) < 4.78 is 32.6. The van der Waals surface area contributed by atoms with E-state index >= 15 is 0 Å². The number of hydrogen-bond donors (Lipinski definition) is 1. The lowest BCUT2D eigenvalue weighted by Crippen LogP contribution is -2.29. The molecule has 0 aliphatic carbocycles.